The second kappa shape index (κ2) is 7.50. The third-order valence-corrected chi connectivity index (χ3v) is 5.49. The smallest absolute Gasteiger partial charge is 0.317 e. The van der Waals surface area contributed by atoms with E-state index < -0.39 is 0 Å². The fourth-order valence-electron chi connectivity index (χ4n) is 4.00. The molecule has 6 nitrogen and oxygen atoms in total. The van der Waals surface area contributed by atoms with Crippen molar-refractivity contribution in [3.63, 3.8) is 0 Å². The summed E-state index contributed by atoms with van der Waals surface area (Å²) in [6.45, 7) is 7.25. The summed E-state index contributed by atoms with van der Waals surface area (Å²) in [5.41, 5.74) is 3.90. The molecule has 4 rings (SSSR count). The lowest BCUT2D eigenvalue weighted by Crippen LogP contribution is -2.45. The number of hydrogen-bond acceptors (Lipinski definition) is 3. The van der Waals surface area contributed by atoms with Gasteiger partial charge in [0.25, 0.3) is 0 Å². The Morgan fingerprint density at radius 2 is 2.04 bits per heavy atom. The van der Waals surface area contributed by atoms with E-state index in [1.165, 1.54) is 16.8 Å². The van der Waals surface area contributed by atoms with E-state index in [2.05, 4.69) is 57.3 Å². The predicted molar refractivity (Wildman–Crippen MR) is 101 cm³/mol. The highest BCUT2D eigenvalue weighted by Crippen LogP contribution is 2.22. The summed E-state index contributed by atoms with van der Waals surface area (Å²) in [6, 6.07) is 10.9. The highest BCUT2D eigenvalue weighted by Gasteiger charge is 2.27. The summed E-state index contributed by atoms with van der Waals surface area (Å²) >= 11 is 0. The fourth-order valence-corrected chi connectivity index (χ4v) is 4.00. The molecule has 1 saturated heterocycles. The predicted octanol–water partition coefficient (Wildman–Crippen LogP) is 2.55. The van der Waals surface area contributed by atoms with Crippen molar-refractivity contribution in [2.45, 2.75) is 38.9 Å². The van der Waals surface area contributed by atoms with Gasteiger partial charge < -0.3 is 10.2 Å². The van der Waals surface area contributed by atoms with Crippen LogP contribution in [0.1, 0.15) is 35.7 Å². The molecule has 6 heteroatoms. The SMILES string of the molecule is Cc1ccccc1CN1Cc2ccnn2C(CNC(=O)N2CCCC2)C1. The normalized spacial score (nSPS) is 20.2. The molecule has 1 fully saturated rings. The number of carbonyl (C=O) groups is 1. The Bertz CT molecular complexity index is 765. The Hall–Kier alpha value is -2.34. The first-order valence-corrected chi connectivity index (χ1v) is 9.53. The molecule has 0 radical (unpaired) electrons. The van der Waals surface area contributed by atoms with Crippen molar-refractivity contribution in [1.29, 1.82) is 0 Å². The zero-order valence-electron chi connectivity index (χ0n) is 15.4. The number of aryl methyl sites for hydroxylation is 1. The molecule has 1 atom stereocenters. The maximum absolute atomic E-state index is 12.3. The van der Waals surface area contributed by atoms with Gasteiger partial charge in [0.05, 0.1) is 11.7 Å². The molecule has 3 heterocycles. The third kappa shape index (κ3) is 3.60. The van der Waals surface area contributed by atoms with Crippen LogP contribution in [0.15, 0.2) is 36.5 Å². The van der Waals surface area contributed by atoms with Crippen LogP contribution in [-0.4, -0.2) is 51.8 Å². The molecule has 2 amide bonds. The van der Waals surface area contributed by atoms with Crippen LogP contribution in [0.5, 0.6) is 0 Å². The third-order valence-electron chi connectivity index (χ3n) is 5.49. The molecule has 0 bridgehead atoms. The van der Waals surface area contributed by atoms with Crippen molar-refractivity contribution < 1.29 is 4.79 Å². The van der Waals surface area contributed by atoms with Gasteiger partial charge in [0.2, 0.25) is 0 Å². The number of urea groups is 1. The lowest BCUT2D eigenvalue weighted by atomic mass is 10.1. The summed E-state index contributed by atoms with van der Waals surface area (Å²) < 4.78 is 2.08. The number of benzene rings is 1. The van der Waals surface area contributed by atoms with Crippen LogP contribution in [0.25, 0.3) is 0 Å². The summed E-state index contributed by atoms with van der Waals surface area (Å²) in [7, 11) is 0. The van der Waals surface area contributed by atoms with Crippen molar-refractivity contribution in [2.75, 3.05) is 26.2 Å². The standard InChI is InChI=1S/C20H27N5O/c1-16-6-2-3-7-17(16)13-23-14-18-8-9-22-25(18)19(15-23)12-21-20(26)24-10-4-5-11-24/h2-3,6-9,19H,4-5,10-15H2,1H3,(H,21,26). The van der Waals surface area contributed by atoms with E-state index in [0.717, 1.165) is 45.6 Å². The lowest BCUT2D eigenvalue weighted by molar-refractivity contribution is 0.161. The first kappa shape index (κ1) is 17.1. The van der Waals surface area contributed by atoms with E-state index in [4.69, 9.17) is 0 Å². The number of nitrogens with zero attached hydrogens (tertiary/aromatic N) is 4. The van der Waals surface area contributed by atoms with Crippen LogP contribution in [0.3, 0.4) is 0 Å². The monoisotopic (exact) mass is 353 g/mol. The van der Waals surface area contributed by atoms with E-state index in [-0.39, 0.29) is 12.1 Å². The van der Waals surface area contributed by atoms with Crippen LogP contribution in [0.2, 0.25) is 0 Å². The largest absolute Gasteiger partial charge is 0.336 e. The topological polar surface area (TPSA) is 53.4 Å². The van der Waals surface area contributed by atoms with Crippen molar-refractivity contribution in [1.82, 2.24) is 24.9 Å². The molecular formula is C20H27N5O. The number of nitrogens with one attached hydrogen (secondary N) is 1. The van der Waals surface area contributed by atoms with Gasteiger partial charge in [-0.15, -0.1) is 0 Å². The van der Waals surface area contributed by atoms with Crippen molar-refractivity contribution in [2.24, 2.45) is 0 Å². The number of aromatic nitrogens is 2. The highest BCUT2D eigenvalue weighted by molar-refractivity contribution is 5.74. The van der Waals surface area contributed by atoms with Gasteiger partial charge in [-0.3, -0.25) is 9.58 Å². The minimum Gasteiger partial charge on any atom is -0.336 e. The minimum absolute atomic E-state index is 0.0623. The summed E-state index contributed by atoms with van der Waals surface area (Å²) in [4.78, 5) is 16.7. The Morgan fingerprint density at radius 1 is 1.23 bits per heavy atom. The fraction of sp³-hybridized carbons (Fsp3) is 0.500. The second-order valence-corrected chi connectivity index (χ2v) is 7.40. The van der Waals surface area contributed by atoms with Gasteiger partial charge in [0.15, 0.2) is 0 Å². The molecule has 2 aliphatic heterocycles. The molecule has 0 aliphatic carbocycles. The Kier molecular flexibility index (Phi) is 4.93. The van der Waals surface area contributed by atoms with Crippen LogP contribution >= 0.6 is 0 Å². The molecule has 2 aromatic rings. The van der Waals surface area contributed by atoms with Crippen LogP contribution in [0.4, 0.5) is 4.79 Å². The van der Waals surface area contributed by atoms with Gasteiger partial charge in [0.1, 0.15) is 0 Å². The average molecular weight is 353 g/mol. The summed E-state index contributed by atoms with van der Waals surface area (Å²) in [5, 5.41) is 7.62. The van der Waals surface area contributed by atoms with Crippen molar-refractivity contribution in [3.05, 3.63) is 53.3 Å². The van der Waals surface area contributed by atoms with E-state index in [9.17, 15) is 4.79 Å². The molecule has 1 aromatic carbocycles. The Morgan fingerprint density at radius 3 is 2.85 bits per heavy atom. The number of amides is 2. The number of carbonyl (C=O) groups excluding carboxylic acids is 1. The molecule has 1 unspecified atom stereocenters. The number of fused-ring (bicyclic) bond motifs is 1. The minimum atomic E-state index is 0.0623. The van der Waals surface area contributed by atoms with E-state index in [1.807, 2.05) is 11.1 Å². The number of hydrogen-bond donors (Lipinski definition) is 1. The first-order chi connectivity index (χ1) is 12.7. The van der Waals surface area contributed by atoms with Gasteiger partial charge in [-0.05, 0) is 37.0 Å². The van der Waals surface area contributed by atoms with Gasteiger partial charge in [0, 0.05) is 45.5 Å². The molecular weight excluding hydrogens is 326 g/mol. The first-order valence-electron chi connectivity index (χ1n) is 9.53. The zero-order valence-corrected chi connectivity index (χ0v) is 15.4. The average Bonchev–Trinajstić information content (AvgIpc) is 3.33. The molecule has 26 heavy (non-hydrogen) atoms. The van der Waals surface area contributed by atoms with E-state index in [1.54, 1.807) is 0 Å². The van der Waals surface area contributed by atoms with Gasteiger partial charge in [-0.25, -0.2) is 4.79 Å². The molecule has 0 spiro atoms. The zero-order chi connectivity index (χ0) is 17.9. The van der Waals surface area contributed by atoms with Gasteiger partial charge >= 0.3 is 6.03 Å². The Labute approximate surface area is 154 Å². The van der Waals surface area contributed by atoms with Crippen LogP contribution < -0.4 is 5.32 Å². The van der Waals surface area contributed by atoms with Crippen molar-refractivity contribution in [3.8, 4) is 0 Å². The molecule has 2 aliphatic rings. The summed E-state index contributed by atoms with van der Waals surface area (Å²) in [6.07, 6.45) is 4.09. The van der Waals surface area contributed by atoms with Crippen LogP contribution in [0, 0.1) is 6.92 Å². The Balaban J connectivity index is 1.42. The lowest BCUT2D eigenvalue weighted by Gasteiger charge is -2.34. The van der Waals surface area contributed by atoms with Crippen LogP contribution in [-0.2, 0) is 13.1 Å². The second-order valence-electron chi connectivity index (χ2n) is 7.40. The molecule has 0 saturated carbocycles. The van der Waals surface area contributed by atoms with Gasteiger partial charge in [-0.2, -0.15) is 5.10 Å². The van der Waals surface area contributed by atoms with Crippen molar-refractivity contribution >= 4 is 6.03 Å². The maximum Gasteiger partial charge on any atom is 0.317 e. The molecule has 138 valence electrons. The number of rotatable bonds is 4. The quantitative estimate of drug-likeness (QED) is 0.919. The highest BCUT2D eigenvalue weighted by atomic mass is 16.2. The molecule has 1 N–H and O–H groups in total. The van der Waals surface area contributed by atoms with E-state index >= 15 is 0 Å². The van der Waals surface area contributed by atoms with E-state index in [0.29, 0.717) is 6.54 Å². The molecule has 1 aromatic heterocycles. The summed E-state index contributed by atoms with van der Waals surface area (Å²) in [5.74, 6) is 0. The number of likely N-dealkylation sites (tertiary alicyclic amines) is 1. The van der Waals surface area contributed by atoms with Gasteiger partial charge in [-0.1, -0.05) is 24.3 Å². The maximum atomic E-state index is 12.3.